The maximum atomic E-state index is 12.5. The molecule has 6 saturated heterocycles. The fraction of sp³-hybridized carbons (Fsp3) is 0.970. The Morgan fingerprint density at radius 2 is 0.478 bits per heavy atom. The van der Waals surface area contributed by atoms with Crippen LogP contribution in [0, 0.1) is 41.4 Å². The number of aliphatic hydroxyl groups excluding tert-OH is 3. The minimum absolute atomic E-state index is 0.0219. The lowest BCUT2D eigenvalue weighted by Gasteiger charge is -2.41. The lowest BCUT2D eigenvalue weighted by molar-refractivity contribution is -0.150. The summed E-state index contributed by atoms with van der Waals surface area (Å²) in [6.07, 6.45) is 92.7. The maximum Gasteiger partial charge on any atom is 0.309 e. The summed E-state index contributed by atoms with van der Waals surface area (Å²) < 4.78 is 32.5. The smallest absolute Gasteiger partial charge is 0.309 e. The van der Waals surface area contributed by atoms with Gasteiger partial charge in [0.2, 0.25) is 0 Å². The second-order valence-electron chi connectivity index (χ2n) is 37.5. The fourth-order valence-electron chi connectivity index (χ4n) is 19.9. The topological polar surface area (TPSA) is 184 Å². The van der Waals surface area contributed by atoms with E-state index in [0.717, 1.165) is 114 Å². The van der Waals surface area contributed by atoms with Crippen LogP contribution in [0.4, 0.5) is 0 Å². The third-order valence-corrected chi connectivity index (χ3v) is 27.9. The van der Waals surface area contributed by atoms with Gasteiger partial charge in [-0.1, -0.05) is 387 Å². The summed E-state index contributed by atoms with van der Waals surface area (Å²) >= 11 is 0. The predicted octanol–water partition coefficient (Wildman–Crippen LogP) is 26.1. The highest BCUT2D eigenvalue weighted by molar-refractivity contribution is 5.73. The SMILES string of the molecule is C1CN2CCN1CC2.CCCCCCCCCC(CCCCCCCCO)C(CCCCCCCCC)CCCCCCCCO.CCCCCCCCCC(CCCCCCCCOC(=O)C1CCC2OC2C1)C(CCCCCCCCC)CCCCCCCCOC(=O)C1CCC2OC2C1.CO.COC(=O)C1CCC2OC2C1. The van der Waals surface area contributed by atoms with E-state index in [4.69, 9.17) is 39.0 Å². The van der Waals surface area contributed by atoms with Crippen molar-refractivity contribution in [1.29, 1.82) is 0 Å². The average Bonchev–Trinajstić information content (AvgIpc) is 1.67. The number of unbranched alkanes of at least 4 members (excludes halogenated alkanes) is 44. The molecule has 6 heterocycles. The molecule has 0 spiro atoms. The van der Waals surface area contributed by atoms with Gasteiger partial charge in [-0.2, -0.15) is 0 Å². The normalized spacial score (nSPS) is 23.6. The summed E-state index contributed by atoms with van der Waals surface area (Å²) in [4.78, 5) is 41.1. The molecule has 678 valence electrons. The third kappa shape index (κ3) is 54.4. The van der Waals surface area contributed by atoms with Crippen LogP contribution in [0.1, 0.15) is 471 Å². The molecule has 115 heavy (non-hydrogen) atoms. The molecule has 0 aromatic heterocycles. The number of esters is 3. The molecule has 3 N–H and O–H groups in total. The van der Waals surface area contributed by atoms with E-state index in [1.807, 2.05) is 0 Å². The highest BCUT2D eigenvalue weighted by Gasteiger charge is 2.48. The molecule has 3 aliphatic carbocycles. The van der Waals surface area contributed by atoms with Crippen molar-refractivity contribution in [3.05, 3.63) is 0 Å². The van der Waals surface area contributed by atoms with Crippen LogP contribution in [0.2, 0.25) is 0 Å². The Balaban J connectivity index is 0.000000399. The maximum absolute atomic E-state index is 12.5. The number of epoxide rings is 3. The van der Waals surface area contributed by atoms with Crippen molar-refractivity contribution >= 4 is 17.9 Å². The van der Waals surface area contributed by atoms with Crippen LogP contribution in [-0.2, 0) is 42.8 Å². The van der Waals surface area contributed by atoms with Crippen molar-refractivity contribution in [2.75, 3.05) is 79.9 Å². The minimum atomic E-state index is -0.0704. The number of ether oxygens (including phenoxy) is 6. The van der Waals surface area contributed by atoms with E-state index in [-0.39, 0.29) is 35.7 Å². The van der Waals surface area contributed by atoms with E-state index in [1.54, 1.807) is 0 Å². The molecule has 9 fully saturated rings. The Bertz CT molecular complexity index is 2010. The van der Waals surface area contributed by atoms with Crippen LogP contribution in [0.5, 0.6) is 0 Å². The highest BCUT2D eigenvalue weighted by Crippen LogP contribution is 2.43. The number of aliphatic hydroxyl groups is 3. The van der Waals surface area contributed by atoms with Crippen molar-refractivity contribution in [1.82, 2.24) is 9.80 Å². The van der Waals surface area contributed by atoms with E-state index in [0.29, 0.717) is 63.1 Å². The number of fused-ring (bicyclic) bond motifs is 6. The van der Waals surface area contributed by atoms with E-state index < -0.39 is 0 Å². The molecular formula is C101H192N2O12. The van der Waals surface area contributed by atoms with Gasteiger partial charge in [0.1, 0.15) is 0 Å². The van der Waals surface area contributed by atoms with Gasteiger partial charge in [-0.15, -0.1) is 0 Å². The monoisotopic (exact) mass is 1630 g/mol. The highest BCUT2D eigenvalue weighted by atomic mass is 16.6. The Morgan fingerprint density at radius 1 is 0.278 bits per heavy atom. The van der Waals surface area contributed by atoms with Gasteiger partial charge in [0.25, 0.3) is 0 Å². The number of carbonyl (C=O) groups excluding carboxylic acids is 3. The van der Waals surface area contributed by atoms with E-state index >= 15 is 0 Å². The van der Waals surface area contributed by atoms with Crippen LogP contribution >= 0.6 is 0 Å². The lowest BCUT2D eigenvalue weighted by atomic mass is 9.78. The number of rotatable bonds is 71. The second-order valence-corrected chi connectivity index (χ2v) is 37.5. The summed E-state index contributed by atoms with van der Waals surface area (Å²) in [5.74, 6) is 3.93. The van der Waals surface area contributed by atoms with Crippen molar-refractivity contribution < 1.29 is 58.1 Å². The quantitative estimate of drug-likeness (QED) is 0.0226. The molecule has 13 atom stereocenters. The predicted molar refractivity (Wildman–Crippen MR) is 481 cm³/mol. The Hall–Kier alpha value is -1.91. The van der Waals surface area contributed by atoms with Gasteiger partial charge in [0.05, 0.1) is 74.7 Å². The summed E-state index contributed by atoms with van der Waals surface area (Å²) in [6, 6.07) is 0. The number of methoxy groups -OCH3 is 1. The van der Waals surface area contributed by atoms with Gasteiger partial charge < -0.3 is 43.7 Å². The van der Waals surface area contributed by atoms with Crippen LogP contribution in [-0.4, -0.2) is 160 Å². The Kier molecular flexibility index (Phi) is 67.5. The molecule has 3 saturated carbocycles. The fourth-order valence-corrected chi connectivity index (χ4v) is 19.9. The zero-order valence-corrected chi connectivity index (χ0v) is 76.8. The zero-order valence-electron chi connectivity index (χ0n) is 76.8. The number of piperazine rings is 3. The summed E-state index contributed by atoms with van der Waals surface area (Å²) in [6.45, 7) is 19.1. The molecule has 9 rings (SSSR count). The van der Waals surface area contributed by atoms with Crippen molar-refractivity contribution in [3.63, 3.8) is 0 Å². The molecule has 14 nitrogen and oxygen atoms in total. The van der Waals surface area contributed by atoms with E-state index in [9.17, 15) is 14.4 Å². The standard InChI is InChI=1S/C50H90O6.C36H74O2.C8H12O3.C6H12N2.CH4O/c1-3-5-7-9-11-17-23-29-41(31-25-19-13-15-21-27-37-53-49(51)43-33-35-45-47(39-43)55-45)42(30-24-18-12-10-8-6-4-2)32-26-20-14-16-22-28-38-54-50(52)44-34-36-46-48(40-44)56-46;1-3-5-7-9-11-17-23-29-35(31-25-19-13-15-21-27-33-37)36(30-24-18-12-10-8-6-4-2)32-26-20-14-16-22-28-34-38;1-10-8(9)5-2-3-6-7(4-5)11-6;1-2-8-5-3-7(1)4-6-8;1-2/h41-48H,3-40H2,1-2H3;35-38H,3-34H2,1-2H3;5-7H,2-4H2,1H3;1-6H2;2H,1H3. The van der Waals surface area contributed by atoms with Gasteiger partial charge >= 0.3 is 17.9 Å². The van der Waals surface area contributed by atoms with Crippen molar-refractivity contribution in [3.8, 4) is 0 Å². The minimum Gasteiger partial charge on any atom is -0.469 e. The number of hydrogen-bond acceptors (Lipinski definition) is 14. The number of carbonyl (C=O) groups is 3. The first kappa shape index (κ1) is 105. The Labute approximate surface area is 710 Å². The summed E-state index contributed by atoms with van der Waals surface area (Å²) in [5.41, 5.74) is 0. The van der Waals surface area contributed by atoms with Gasteiger partial charge in [-0.3, -0.25) is 24.2 Å². The van der Waals surface area contributed by atoms with Gasteiger partial charge in [-0.05, 0) is 107 Å². The Morgan fingerprint density at radius 3 is 0.678 bits per heavy atom. The third-order valence-electron chi connectivity index (χ3n) is 27.9. The summed E-state index contributed by atoms with van der Waals surface area (Å²) in [5, 5.41) is 25.1. The molecule has 0 amide bonds. The zero-order chi connectivity index (χ0) is 82.5. The van der Waals surface area contributed by atoms with E-state index in [2.05, 4.69) is 42.2 Å². The molecule has 0 aromatic rings. The number of hydrogen-bond donors (Lipinski definition) is 3. The first-order valence-electron chi connectivity index (χ1n) is 51.1. The van der Waals surface area contributed by atoms with E-state index in [1.165, 1.54) is 406 Å². The van der Waals surface area contributed by atoms with Gasteiger partial charge in [-0.25, -0.2) is 0 Å². The number of nitrogens with zero attached hydrogens (tertiary/aromatic N) is 2. The summed E-state index contributed by atoms with van der Waals surface area (Å²) in [7, 11) is 2.45. The average molecular weight is 1630 g/mol. The van der Waals surface area contributed by atoms with Crippen LogP contribution in [0.25, 0.3) is 0 Å². The van der Waals surface area contributed by atoms with Crippen molar-refractivity contribution in [2.45, 2.75) is 507 Å². The second kappa shape index (κ2) is 73.6. The molecule has 0 radical (unpaired) electrons. The molecule has 6 aliphatic heterocycles. The first-order valence-corrected chi connectivity index (χ1v) is 51.1. The molecule has 13 unspecified atom stereocenters. The van der Waals surface area contributed by atoms with Crippen LogP contribution in [0.3, 0.4) is 0 Å². The van der Waals surface area contributed by atoms with Gasteiger partial charge in [0, 0.05) is 59.6 Å². The van der Waals surface area contributed by atoms with Crippen molar-refractivity contribution in [2.24, 2.45) is 41.4 Å². The van der Waals surface area contributed by atoms with Gasteiger partial charge in [0.15, 0.2) is 0 Å². The first-order chi connectivity index (χ1) is 56.6. The molecule has 0 aromatic carbocycles. The molecule has 9 aliphatic rings. The lowest BCUT2D eigenvalue weighted by Crippen LogP contribution is -2.55. The van der Waals surface area contributed by atoms with Crippen LogP contribution in [0.15, 0.2) is 0 Å². The molecule has 14 heteroatoms. The van der Waals surface area contributed by atoms with Crippen LogP contribution < -0.4 is 0 Å². The largest absolute Gasteiger partial charge is 0.469 e. The molecular weight excluding hydrogens is 1430 g/mol. The molecule has 2 bridgehead atoms.